The number of carboxylic acids is 1. The Bertz CT molecular complexity index is 432. The average molecular weight is 316 g/mol. The molecule has 1 rings (SSSR count). The van der Waals surface area contributed by atoms with E-state index >= 15 is 0 Å². The van der Waals surface area contributed by atoms with E-state index < -0.39 is 11.4 Å². The van der Waals surface area contributed by atoms with Gasteiger partial charge in [-0.1, -0.05) is 0 Å². The molecule has 2 N–H and O–H groups in total. The molecule has 1 aromatic carbocycles. The molecule has 1 aromatic rings. The maximum atomic E-state index is 10.9. The van der Waals surface area contributed by atoms with E-state index in [-0.39, 0.29) is 0 Å². The SMILES string of the molecule is COc1ccc(NCCC(C)(C)C(=O)O)cc1Br. The van der Waals surface area contributed by atoms with Crippen molar-refractivity contribution in [2.24, 2.45) is 5.41 Å². The van der Waals surface area contributed by atoms with Crippen molar-refractivity contribution in [3.63, 3.8) is 0 Å². The number of anilines is 1. The molecule has 0 atom stereocenters. The predicted octanol–water partition coefficient (Wildman–Crippen LogP) is 3.37. The van der Waals surface area contributed by atoms with E-state index in [0.29, 0.717) is 13.0 Å². The van der Waals surface area contributed by atoms with E-state index in [0.717, 1.165) is 15.9 Å². The molecule has 0 saturated carbocycles. The molecule has 0 aliphatic heterocycles. The van der Waals surface area contributed by atoms with Gasteiger partial charge in [0.2, 0.25) is 0 Å². The summed E-state index contributed by atoms with van der Waals surface area (Å²) in [6.07, 6.45) is 0.561. The second-order valence-electron chi connectivity index (χ2n) is 4.72. The lowest BCUT2D eigenvalue weighted by molar-refractivity contribution is -0.147. The molecule has 0 aliphatic rings. The summed E-state index contributed by atoms with van der Waals surface area (Å²) in [5, 5.41) is 12.2. The first kappa shape index (κ1) is 14.8. The van der Waals surface area contributed by atoms with E-state index in [1.165, 1.54) is 0 Å². The van der Waals surface area contributed by atoms with Crippen LogP contribution in [-0.2, 0) is 4.79 Å². The lowest BCUT2D eigenvalue weighted by Gasteiger charge is -2.19. The first-order valence-electron chi connectivity index (χ1n) is 5.67. The molecule has 0 aliphatic carbocycles. The smallest absolute Gasteiger partial charge is 0.309 e. The van der Waals surface area contributed by atoms with Crippen LogP contribution in [0.5, 0.6) is 5.75 Å². The van der Waals surface area contributed by atoms with Gasteiger partial charge < -0.3 is 15.2 Å². The number of rotatable bonds is 6. The van der Waals surface area contributed by atoms with E-state index in [9.17, 15) is 4.79 Å². The number of nitrogens with one attached hydrogen (secondary N) is 1. The zero-order valence-corrected chi connectivity index (χ0v) is 12.4. The Labute approximate surface area is 115 Å². The number of aliphatic carboxylic acids is 1. The number of hydrogen-bond donors (Lipinski definition) is 2. The van der Waals surface area contributed by atoms with Crippen LogP contribution in [-0.4, -0.2) is 24.7 Å². The molecule has 0 amide bonds. The largest absolute Gasteiger partial charge is 0.496 e. The van der Waals surface area contributed by atoms with Gasteiger partial charge in [0.1, 0.15) is 5.75 Å². The number of hydrogen-bond acceptors (Lipinski definition) is 3. The molecule has 18 heavy (non-hydrogen) atoms. The second kappa shape index (κ2) is 6.09. The highest BCUT2D eigenvalue weighted by Crippen LogP contribution is 2.28. The van der Waals surface area contributed by atoms with Crippen molar-refractivity contribution in [3.05, 3.63) is 22.7 Å². The van der Waals surface area contributed by atoms with Crippen molar-refractivity contribution < 1.29 is 14.6 Å². The van der Waals surface area contributed by atoms with Crippen LogP contribution in [0, 0.1) is 5.41 Å². The predicted molar refractivity (Wildman–Crippen MR) is 75.2 cm³/mol. The molecule has 0 bridgehead atoms. The molecule has 0 radical (unpaired) electrons. The highest BCUT2D eigenvalue weighted by molar-refractivity contribution is 9.10. The Morgan fingerprint density at radius 2 is 2.17 bits per heavy atom. The minimum Gasteiger partial charge on any atom is -0.496 e. The molecule has 4 nitrogen and oxygen atoms in total. The second-order valence-corrected chi connectivity index (χ2v) is 5.57. The number of benzene rings is 1. The molecular weight excluding hydrogens is 298 g/mol. The number of methoxy groups -OCH3 is 1. The van der Waals surface area contributed by atoms with Gasteiger partial charge in [-0.3, -0.25) is 4.79 Å². The van der Waals surface area contributed by atoms with Gasteiger partial charge in [-0.2, -0.15) is 0 Å². The van der Waals surface area contributed by atoms with Crippen LogP contribution in [0.25, 0.3) is 0 Å². The third-order valence-corrected chi connectivity index (χ3v) is 3.43. The first-order chi connectivity index (χ1) is 8.36. The minimum atomic E-state index is -0.778. The number of ether oxygens (including phenoxy) is 1. The number of carbonyl (C=O) groups is 1. The fourth-order valence-corrected chi connectivity index (χ4v) is 1.94. The van der Waals surface area contributed by atoms with E-state index in [2.05, 4.69) is 21.2 Å². The van der Waals surface area contributed by atoms with Gasteiger partial charge in [0.05, 0.1) is 17.0 Å². The topological polar surface area (TPSA) is 58.6 Å². The summed E-state index contributed by atoms with van der Waals surface area (Å²) in [7, 11) is 1.61. The van der Waals surface area contributed by atoms with Crippen LogP contribution in [0.2, 0.25) is 0 Å². The summed E-state index contributed by atoms with van der Waals surface area (Å²) < 4.78 is 6.01. The van der Waals surface area contributed by atoms with Crippen molar-refractivity contribution in [3.8, 4) is 5.75 Å². The maximum absolute atomic E-state index is 10.9. The third-order valence-electron chi connectivity index (χ3n) is 2.81. The number of carboxylic acid groups (broad SMARTS) is 1. The zero-order chi connectivity index (χ0) is 13.8. The highest BCUT2D eigenvalue weighted by Gasteiger charge is 2.26. The van der Waals surface area contributed by atoms with E-state index in [1.54, 1.807) is 21.0 Å². The highest BCUT2D eigenvalue weighted by atomic mass is 79.9. The molecule has 0 aromatic heterocycles. The van der Waals surface area contributed by atoms with E-state index in [4.69, 9.17) is 9.84 Å². The van der Waals surface area contributed by atoms with Crippen molar-refractivity contribution in [1.82, 2.24) is 0 Å². The Hall–Kier alpha value is -1.23. The van der Waals surface area contributed by atoms with Crippen LogP contribution in [0.15, 0.2) is 22.7 Å². The molecule has 100 valence electrons. The quantitative estimate of drug-likeness (QED) is 0.845. The van der Waals surface area contributed by atoms with Crippen LogP contribution in [0.4, 0.5) is 5.69 Å². The summed E-state index contributed by atoms with van der Waals surface area (Å²) in [4.78, 5) is 10.9. The van der Waals surface area contributed by atoms with Gasteiger partial charge in [0, 0.05) is 12.2 Å². The van der Waals surface area contributed by atoms with Crippen molar-refractivity contribution in [2.75, 3.05) is 19.0 Å². The fraction of sp³-hybridized carbons (Fsp3) is 0.462. The molecule has 0 unspecified atom stereocenters. The van der Waals surface area contributed by atoms with Crippen LogP contribution in [0.1, 0.15) is 20.3 Å². The summed E-state index contributed by atoms with van der Waals surface area (Å²) in [6, 6.07) is 5.67. The molecule has 5 heteroatoms. The van der Waals surface area contributed by atoms with Gasteiger partial charge in [-0.05, 0) is 54.4 Å². The molecule has 0 heterocycles. The summed E-state index contributed by atoms with van der Waals surface area (Å²) in [6.45, 7) is 4.06. The third kappa shape index (κ3) is 3.91. The normalized spacial score (nSPS) is 11.1. The van der Waals surface area contributed by atoms with Crippen LogP contribution in [0.3, 0.4) is 0 Å². The number of halogens is 1. The molecule has 0 saturated heterocycles. The van der Waals surface area contributed by atoms with Gasteiger partial charge in [-0.15, -0.1) is 0 Å². The Balaban J connectivity index is 2.55. The summed E-state index contributed by atoms with van der Waals surface area (Å²) >= 11 is 3.40. The summed E-state index contributed by atoms with van der Waals surface area (Å²) in [5.74, 6) is -0.00775. The van der Waals surface area contributed by atoms with Crippen molar-refractivity contribution in [2.45, 2.75) is 20.3 Å². The van der Waals surface area contributed by atoms with Gasteiger partial charge >= 0.3 is 5.97 Å². The monoisotopic (exact) mass is 315 g/mol. The lowest BCUT2D eigenvalue weighted by atomic mass is 9.90. The molecule has 0 fully saturated rings. The standard InChI is InChI=1S/C13H18BrNO3/c1-13(2,12(16)17)6-7-15-9-4-5-11(18-3)10(14)8-9/h4-5,8,15H,6-7H2,1-3H3,(H,16,17). The van der Waals surface area contributed by atoms with Crippen molar-refractivity contribution >= 4 is 27.6 Å². The maximum Gasteiger partial charge on any atom is 0.309 e. The van der Waals surface area contributed by atoms with Crippen LogP contribution < -0.4 is 10.1 Å². The van der Waals surface area contributed by atoms with Gasteiger partial charge in [0.15, 0.2) is 0 Å². The van der Waals surface area contributed by atoms with Gasteiger partial charge in [-0.25, -0.2) is 0 Å². The van der Waals surface area contributed by atoms with E-state index in [1.807, 2.05) is 18.2 Å². The molecular formula is C13H18BrNO3. The summed E-state index contributed by atoms with van der Waals surface area (Å²) in [5.41, 5.74) is 0.223. The van der Waals surface area contributed by atoms with Gasteiger partial charge in [0.25, 0.3) is 0 Å². The minimum absolute atomic E-state index is 0.561. The first-order valence-corrected chi connectivity index (χ1v) is 6.47. The fourth-order valence-electron chi connectivity index (χ4n) is 1.40. The average Bonchev–Trinajstić information content (AvgIpc) is 2.29. The lowest BCUT2D eigenvalue weighted by Crippen LogP contribution is -2.26. The Morgan fingerprint density at radius 3 is 2.67 bits per heavy atom. The van der Waals surface area contributed by atoms with Crippen LogP contribution >= 0.6 is 15.9 Å². The zero-order valence-electron chi connectivity index (χ0n) is 10.8. The Kier molecular flexibility index (Phi) is 5.02. The molecule has 0 spiro atoms. The van der Waals surface area contributed by atoms with Crippen molar-refractivity contribution in [1.29, 1.82) is 0 Å². The Morgan fingerprint density at radius 1 is 1.50 bits per heavy atom.